The zero-order chi connectivity index (χ0) is 20.1. The van der Waals surface area contributed by atoms with Crippen LogP contribution in [0.3, 0.4) is 0 Å². The fourth-order valence-electron chi connectivity index (χ4n) is 3.32. The highest BCUT2D eigenvalue weighted by Crippen LogP contribution is 2.44. The topological polar surface area (TPSA) is 67.8 Å². The Morgan fingerprint density at radius 3 is 2.71 bits per heavy atom. The highest BCUT2D eigenvalue weighted by molar-refractivity contribution is 8.00. The minimum Gasteiger partial charge on any atom is -0.489 e. The maximum Gasteiger partial charge on any atom is 0.323 e. The Labute approximate surface area is 168 Å². The van der Waals surface area contributed by atoms with Gasteiger partial charge in [0, 0.05) is 21.8 Å². The molecule has 5 nitrogen and oxygen atoms in total. The maximum absolute atomic E-state index is 13.7. The van der Waals surface area contributed by atoms with Crippen LogP contribution in [0.1, 0.15) is 18.9 Å². The molecule has 2 aromatic carbocycles. The smallest absolute Gasteiger partial charge is 0.323 e. The van der Waals surface area contributed by atoms with Gasteiger partial charge in [0.1, 0.15) is 24.2 Å². The van der Waals surface area contributed by atoms with Crippen molar-refractivity contribution in [3.8, 4) is 5.75 Å². The van der Waals surface area contributed by atoms with Crippen molar-refractivity contribution in [1.82, 2.24) is 5.32 Å². The van der Waals surface area contributed by atoms with Crippen LogP contribution in [0.5, 0.6) is 5.75 Å². The van der Waals surface area contributed by atoms with Crippen molar-refractivity contribution in [3.63, 3.8) is 0 Å². The molecule has 2 N–H and O–H groups in total. The van der Waals surface area contributed by atoms with E-state index >= 15 is 0 Å². The Balaban J connectivity index is 1.65. The molecule has 1 unspecified atom stereocenters. The minimum atomic E-state index is -0.918. The number of likely N-dealkylation sites (N-methyl/N-ethyl adjacent to an activating group) is 1. The first kappa shape index (κ1) is 20.6. The molecule has 0 aliphatic carbocycles. The van der Waals surface area contributed by atoms with E-state index in [2.05, 4.69) is 5.32 Å². The van der Waals surface area contributed by atoms with Gasteiger partial charge in [-0.2, -0.15) is 0 Å². The van der Waals surface area contributed by atoms with E-state index in [0.29, 0.717) is 17.9 Å². The summed E-state index contributed by atoms with van der Waals surface area (Å²) in [5, 5.41) is 12.3. The molecule has 1 heterocycles. The lowest BCUT2D eigenvalue weighted by molar-refractivity contribution is -0.143. The second-order valence-corrected chi connectivity index (χ2v) is 8.52. The highest BCUT2D eigenvalue weighted by Gasteiger charge is 2.47. The summed E-state index contributed by atoms with van der Waals surface area (Å²) in [7, 11) is 1.63. The molecule has 0 aromatic heterocycles. The molecule has 0 bridgehead atoms. The summed E-state index contributed by atoms with van der Waals surface area (Å²) in [6.45, 7) is 2.73. The number of thioether (sulfide) groups is 1. The van der Waals surface area contributed by atoms with E-state index in [4.69, 9.17) is 9.47 Å². The van der Waals surface area contributed by atoms with Gasteiger partial charge in [-0.1, -0.05) is 18.2 Å². The van der Waals surface area contributed by atoms with Crippen LogP contribution in [0.2, 0.25) is 0 Å². The fourth-order valence-corrected chi connectivity index (χ4v) is 4.64. The average molecular weight is 405 g/mol. The molecule has 2 aromatic rings. The Kier molecular flexibility index (Phi) is 6.59. The van der Waals surface area contributed by atoms with Crippen LogP contribution >= 0.6 is 11.8 Å². The number of halogens is 1. The van der Waals surface area contributed by atoms with Crippen molar-refractivity contribution >= 4 is 17.7 Å². The van der Waals surface area contributed by atoms with Crippen molar-refractivity contribution in [2.75, 3.05) is 13.7 Å². The largest absolute Gasteiger partial charge is 0.489 e. The number of carbonyl (C=O) groups is 1. The third-order valence-corrected chi connectivity index (χ3v) is 6.32. The SMILES string of the molecule is CNC(C(=O)O)[C@H]1OCC[C@@]1(C)Sc1ccc(OCc2ccccc2F)cc1. The molecule has 0 saturated carbocycles. The van der Waals surface area contributed by atoms with Gasteiger partial charge in [0.05, 0.1) is 6.10 Å². The monoisotopic (exact) mass is 405 g/mol. The number of aliphatic carboxylic acids is 1. The van der Waals surface area contributed by atoms with E-state index in [1.165, 1.54) is 6.07 Å². The fraction of sp³-hybridized carbons (Fsp3) is 0.381. The number of carboxylic acids is 1. The maximum atomic E-state index is 13.7. The van der Waals surface area contributed by atoms with Gasteiger partial charge in [0.2, 0.25) is 0 Å². The van der Waals surface area contributed by atoms with Gasteiger partial charge in [0.25, 0.3) is 0 Å². The third kappa shape index (κ3) is 4.66. The number of carboxylic acid groups (broad SMARTS) is 1. The van der Waals surface area contributed by atoms with Gasteiger partial charge in [-0.15, -0.1) is 11.8 Å². The van der Waals surface area contributed by atoms with Gasteiger partial charge in [-0.25, -0.2) is 4.39 Å². The van der Waals surface area contributed by atoms with Crippen molar-refractivity contribution in [1.29, 1.82) is 0 Å². The average Bonchev–Trinajstić information content (AvgIpc) is 3.03. The van der Waals surface area contributed by atoms with Crippen LogP contribution in [-0.4, -0.2) is 41.6 Å². The molecular weight excluding hydrogens is 381 g/mol. The van der Waals surface area contributed by atoms with Crippen LogP contribution in [0.25, 0.3) is 0 Å². The molecule has 0 amide bonds. The molecule has 3 atom stereocenters. The highest BCUT2D eigenvalue weighted by atomic mass is 32.2. The molecule has 1 saturated heterocycles. The second-order valence-electron chi connectivity index (χ2n) is 6.91. The molecule has 7 heteroatoms. The van der Waals surface area contributed by atoms with E-state index in [1.807, 2.05) is 31.2 Å². The van der Waals surface area contributed by atoms with Gasteiger partial charge in [-0.05, 0) is 50.7 Å². The molecule has 1 aliphatic heterocycles. The lowest BCUT2D eigenvalue weighted by atomic mass is 9.96. The predicted octanol–water partition coefficient (Wildman–Crippen LogP) is 3.72. The normalized spacial score (nSPS) is 22.8. The Bertz CT molecular complexity index is 816. The molecule has 1 aliphatic rings. The van der Waals surface area contributed by atoms with E-state index in [-0.39, 0.29) is 17.2 Å². The minimum absolute atomic E-state index is 0.162. The molecule has 1 fully saturated rings. The van der Waals surface area contributed by atoms with E-state index < -0.39 is 18.1 Å². The van der Waals surface area contributed by atoms with Crippen LogP contribution in [0.4, 0.5) is 4.39 Å². The van der Waals surface area contributed by atoms with Gasteiger partial charge in [0.15, 0.2) is 0 Å². The van der Waals surface area contributed by atoms with Crippen molar-refractivity contribution < 1.29 is 23.8 Å². The van der Waals surface area contributed by atoms with Crippen LogP contribution in [-0.2, 0) is 16.1 Å². The molecular formula is C21H24FNO4S. The first-order chi connectivity index (χ1) is 13.4. The number of benzene rings is 2. The summed E-state index contributed by atoms with van der Waals surface area (Å²) >= 11 is 1.60. The molecule has 0 spiro atoms. The summed E-state index contributed by atoms with van der Waals surface area (Å²) in [5.74, 6) is -0.555. The van der Waals surface area contributed by atoms with Crippen molar-refractivity contribution in [3.05, 3.63) is 59.9 Å². The zero-order valence-electron chi connectivity index (χ0n) is 15.9. The lowest BCUT2D eigenvalue weighted by Crippen LogP contribution is -2.51. The standard InChI is InChI=1S/C21H24FNO4S/c1-21(11-12-26-19(21)18(23-2)20(24)25)28-16-9-7-15(8-10-16)27-13-14-5-3-4-6-17(14)22/h3-10,18-19,23H,11-13H2,1-2H3,(H,24,25)/t18?,19-,21-/m1/s1. The molecule has 0 radical (unpaired) electrons. The third-order valence-electron chi connectivity index (χ3n) is 4.90. The Morgan fingerprint density at radius 1 is 1.36 bits per heavy atom. The molecule has 150 valence electrons. The van der Waals surface area contributed by atoms with Crippen LogP contribution < -0.4 is 10.1 Å². The Hall–Kier alpha value is -2.09. The lowest BCUT2D eigenvalue weighted by Gasteiger charge is -2.33. The van der Waals surface area contributed by atoms with Crippen LogP contribution in [0, 0.1) is 5.82 Å². The van der Waals surface area contributed by atoms with Gasteiger partial charge < -0.3 is 19.9 Å². The summed E-state index contributed by atoms with van der Waals surface area (Å²) in [6.07, 6.45) is 0.330. The van der Waals surface area contributed by atoms with Gasteiger partial charge in [-0.3, -0.25) is 4.79 Å². The van der Waals surface area contributed by atoms with E-state index in [0.717, 1.165) is 11.3 Å². The van der Waals surface area contributed by atoms with E-state index in [9.17, 15) is 14.3 Å². The number of hydrogen-bond acceptors (Lipinski definition) is 5. The summed E-state index contributed by atoms with van der Waals surface area (Å²) in [5.41, 5.74) is 0.506. The summed E-state index contributed by atoms with van der Waals surface area (Å²) < 4.78 is 24.7. The molecule has 3 rings (SSSR count). The Morgan fingerprint density at radius 2 is 2.07 bits per heavy atom. The first-order valence-corrected chi connectivity index (χ1v) is 9.91. The van der Waals surface area contributed by atoms with Crippen molar-refractivity contribution in [2.24, 2.45) is 0 Å². The molecule has 28 heavy (non-hydrogen) atoms. The van der Waals surface area contributed by atoms with Crippen LogP contribution in [0.15, 0.2) is 53.4 Å². The summed E-state index contributed by atoms with van der Waals surface area (Å²) in [6, 6.07) is 13.3. The predicted molar refractivity (Wildman–Crippen MR) is 106 cm³/mol. The summed E-state index contributed by atoms with van der Waals surface area (Å²) in [4.78, 5) is 12.5. The number of ether oxygens (including phenoxy) is 2. The quantitative estimate of drug-likeness (QED) is 0.698. The van der Waals surface area contributed by atoms with Gasteiger partial charge >= 0.3 is 5.97 Å². The van der Waals surface area contributed by atoms with Crippen molar-refractivity contribution in [2.45, 2.75) is 41.7 Å². The second kappa shape index (κ2) is 8.94. The number of nitrogens with one attached hydrogen (secondary N) is 1. The van der Waals surface area contributed by atoms with E-state index in [1.54, 1.807) is 37.0 Å². The number of hydrogen-bond donors (Lipinski definition) is 2. The first-order valence-electron chi connectivity index (χ1n) is 9.10. The number of rotatable bonds is 8. The zero-order valence-corrected chi connectivity index (χ0v) is 16.7.